The van der Waals surface area contributed by atoms with Crippen molar-refractivity contribution in [3.8, 4) is 5.75 Å². The molecule has 5 heterocycles. The number of amides is 2. The van der Waals surface area contributed by atoms with Crippen LogP contribution in [0.1, 0.15) is 28.2 Å². The number of thiazole rings is 1. The van der Waals surface area contributed by atoms with Gasteiger partial charge in [-0.25, -0.2) is 4.98 Å². The molecule has 192 valence electrons. The van der Waals surface area contributed by atoms with Gasteiger partial charge in [0.05, 0.1) is 48.7 Å². The molecule has 0 saturated carbocycles. The molecule has 0 aliphatic carbocycles. The number of aromatic nitrogens is 5. The van der Waals surface area contributed by atoms with Crippen molar-refractivity contribution in [1.29, 1.82) is 0 Å². The van der Waals surface area contributed by atoms with E-state index in [9.17, 15) is 9.59 Å². The van der Waals surface area contributed by atoms with Crippen molar-refractivity contribution >= 4 is 39.7 Å². The number of fused-ring (bicyclic) bond motifs is 6. The van der Waals surface area contributed by atoms with Crippen molar-refractivity contribution in [3.63, 3.8) is 0 Å². The third-order valence-corrected chi connectivity index (χ3v) is 7.51. The molecule has 2 amide bonds. The summed E-state index contributed by atoms with van der Waals surface area (Å²) in [5.41, 5.74) is 1.80. The molecule has 6 rings (SSSR count). The van der Waals surface area contributed by atoms with Crippen LogP contribution in [0.5, 0.6) is 5.75 Å². The summed E-state index contributed by atoms with van der Waals surface area (Å²) in [7, 11) is 0. The fraction of sp³-hybridized carbons (Fsp3) is 0.375. The molecule has 2 aliphatic rings. The van der Waals surface area contributed by atoms with E-state index in [1.54, 1.807) is 27.8 Å². The molecule has 11 nitrogen and oxygen atoms in total. The van der Waals surface area contributed by atoms with E-state index in [1.165, 1.54) is 11.3 Å². The first-order chi connectivity index (χ1) is 18.0. The fourth-order valence-electron chi connectivity index (χ4n) is 4.54. The van der Waals surface area contributed by atoms with Crippen molar-refractivity contribution in [1.82, 2.24) is 34.6 Å². The van der Waals surface area contributed by atoms with Crippen LogP contribution < -0.4 is 10.1 Å². The highest BCUT2D eigenvalue weighted by Gasteiger charge is 2.37. The van der Waals surface area contributed by atoms with E-state index >= 15 is 0 Å². The topological polar surface area (TPSA) is 116 Å². The zero-order valence-electron chi connectivity index (χ0n) is 19.7. The maximum atomic E-state index is 13.2. The zero-order valence-corrected chi connectivity index (χ0v) is 21.3. The van der Waals surface area contributed by atoms with E-state index in [-0.39, 0.29) is 24.8 Å². The highest BCUT2D eigenvalue weighted by atomic mass is 35.5. The van der Waals surface area contributed by atoms with Crippen LogP contribution in [0.4, 0.5) is 0 Å². The SMILES string of the molecule is O=C1N[C@H]2CN(C(=O)Cc3cn4ccsc4n3)C[C@@H]2OCc2cn(nn2)CCCOc2cc1ccc2Cl. The van der Waals surface area contributed by atoms with Gasteiger partial charge in [0, 0.05) is 49.4 Å². The second-order valence-corrected chi connectivity index (χ2v) is 10.3. The zero-order chi connectivity index (χ0) is 25.4. The van der Waals surface area contributed by atoms with Crippen molar-refractivity contribution < 1.29 is 19.1 Å². The van der Waals surface area contributed by atoms with Gasteiger partial charge in [0.15, 0.2) is 4.96 Å². The Balaban J connectivity index is 1.22. The van der Waals surface area contributed by atoms with Crippen LogP contribution in [0.25, 0.3) is 4.96 Å². The van der Waals surface area contributed by atoms with Gasteiger partial charge >= 0.3 is 0 Å². The summed E-state index contributed by atoms with van der Waals surface area (Å²) in [6, 6.07) is 4.52. The van der Waals surface area contributed by atoms with E-state index in [2.05, 4.69) is 20.6 Å². The number of carbonyl (C=O) groups excluding carboxylic acids is 2. The summed E-state index contributed by atoms with van der Waals surface area (Å²) < 4.78 is 15.6. The van der Waals surface area contributed by atoms with Gasteiger partial charge in [-0.1, -0.05) is 16.8 Å². The molecule has 1 aromatic carbocycles. The van der Waals surface area contributed by atoms with E-state index in [4.69, 9.17) is 21.1 Å². The van der Waals surface area contributed by atoms with Crippen LogP contribution >= 0.6 is 22.9 Å². The van der Waals surface area contributed by atoms with Crippen LogP contribution in [0.2, 0.25) is 5.02 Å². The number of halogens is 1. The Hall–Kier alpha value is -3.48. The Kier molecular flexibility index (Phi) is 6.53. The number of ether oxygens (including phenoxy) is 2. The second-order valence-electron chi connectivity index (χ2n) is 9.05. The van der Waals surface area contributed by atoms with Crippen LogP contribution in [0, 0.1) is 0 Å². The maximum absolute atomic E-state index is 13.2. The van der Waals surface area contributed by atoms with Gasteiger partial charge < -0.3 is 19.7 Å². The van der Waals surface area contributed by atoms with Gasteiger partial charge in [-0.2, -0.15) is 0 Å². The molecular weight excluding hydrogens is 518 g/mol. The number of hydrogen-bond donors (Lipinski definition) is 1. The normalized spacial score (nSPS) is 20.5. The lowest BCUT2D eigenvalue weighted by atomic mass is 10.1. The number of rotatable bonds is 2. The molecular formula is C24H24ClN7O4S. The van der Waals surface area contributed by atoms with Crippen molar-refractivity contribution in [2.45, 2.75) is 38.1 Å². The summed E-state index contributed by atoms with van der Waals surface area (Å²) in [4.78, 5) is 33.4. The average molecular weight is 542 g/mol. The molecule has 3 aromatic heterocycles. The Morgan fingerprint density at radius 3 is 3.08 bits per heavy atom. The predicted octanol–water partition coefficient (Wildman–Crippen LogP) is 2.19. The minimum Gasteiger partial charge on any atom is -0.492 e. The summed E-state index contributed by atoms with van der Waals surface area (Å²) in [6.07, 6.45) is 6.05. The van der Waals surface area contributed by atoms with Crippen LogP contribution in [-0.2, 0) is 29.1 Å². The summed E-state index contributed by atoms with van der Waals surface area (Å²) in [6.45, 7) is 1.91. The fourth-order valence-corrected chi connectivity index (χ4v) is 5.43. The largest absolute Gasteiger partial charge is 0.492 e. The van der Waals surface area contributed by atoms with Crippen molar-refractivity contribution in [3.05, 3.63) is 64.1 Å². The molecule has 0 radical (unpaired) electrons. The molecule has 2 atom stereocenters. The van der Waals surface area contributed by atoms with Gasteiger partial charge in [-0.3, -0.25) is 18.7 Å². The highest BCUT2D eigenvalue weighted by molar-refractivity contribution is 7.15. The second kappa shape index (κ2) is 10.1. The van der Waals surface area contributed by atoms with E-state index in [1.807, 2.05) is 28.4 Å². The number of aryl methyl sites for hydroxylation is 1. The van der Waals surface area contributed by atoms with Gasteiger partial charge in [0.1, 0.15) is 11.4 Å². The Morgan fingerprint density at radius 1 is 1.27 bits per heavy atom. The summed E-state index contributed by atoms with van der Waals surface area (Å²) in [5, 5.41) is 13.8. The molecule has 1 fully saturated rings. The summed E-state index contributed by atoms with van der Waals surface area (Å²) in [5.74, 6) is 0.0774. The maximum Gasteiger partial charge on any atom is 0.251 e. The van der Waals surface area contributed by atoms with Gasteiger partial charge in [0.25, 0.3) is 5.91 Å². The third kappa shape index (κ3) is 5.17. The van der Waals surface area contributed by atoms with Gasteiger partial charge in [-0.15, -0.1) is 16.4 Å². The number of benzene rings is 1. The molecule has 1 saturated heterocycles. The molecule has 0 spiro atoms. The smallest absolute Gasteiger partial charge is 0.251 e. The molecule has 4 aromatic rings. The van der Waals surface area contributed by atoms with Crippen LogP contribution in [0.15, 0.2) is 42.2 Å². The standard InChI is InChI=1S/C24H24ClN7O4S/c25-18-3-2-15-8-20(18)35-6-1-4-32-11-17(28-29-32)14-36-21-13-31(12-19(21)27-23(15)34)22(33)9-16-10-30-5-7-37-24(30)26-16/h2-3,5,7-8,10-11,19,21H,1,4,6,9,12-14H2,(H,27,34)/t19-,21-/m0/s1. The minimum atomic E-state index is -0.417. The molecule has 4 bridgehead atoms. The number of imidazole rings is 1. The van der Waals surface area contributed by atoms with Crippen LogP contribution in [0.3, 0.4) is 0 Å². The Labute approximate surface area is 220 Å². The van der Waals surface area contributed by atoms with Crippen molar-refractivity contribution in [2.75, 3.05) is 19.7 Å². The van der Waals surface area contributed by atoms with Gasteiger partial charge in [-0.05, 0) is 18.2 Å². The Morgan fingerprint density at radius 2 is 2.19 bits per heavy atom. The molecule has 13 heteroatoms. The first kappa shape index (κ1) is 23.9. The lowest BCUT2D eigenvalue weighted by Gasteiger charge is -2.20. The van der Waals surface area contributed by atoms with E-state index < -0.39 is 12.1 Å². The quantitative estimate of drug-likeness (QED) is 0.413. The third-order valence-electron chi connectivity index (χ3n) is 6.42. The predicted molar refractivity (Wildman–Crippen MR) is 135 cm³/mol. The summed E-state index contributed by atoms with van der Waals surface area (Å²) >= 11 is 7.81. The average Bonchev–Trinajstić information content (AvgIpc) is 3.65. The number of nitrogens with one attached hydrogen (secondary N) is 1. The molecule has 0 unspecified atom stereocenters. The number of likely N-dealkylation sites (tertiary alicyclic amines) is 1. The molecule has 2 aliphatic heterocycles. The van der Waals surface area contributed by atoms with Crippen LogP contribution in [-0.4, -0.2) is 72.9 Å². The van der Waals surface area contributed by atoms with Crippen molar-refractivity contribution in [2.24, 2.45) is 0 Å². The lowest BCUT2D eigenvalue weighted by molar-refractivity contribution is -0.130. The molecule has 1 N–H and O–H groups in total. The first-order valence-electron chi connectivity index (χ1n) is 11.9. The highest BCUT2D eigenvalue weighted by Crippen LogP contribution is 2.26. The minimum absolute atomic E-state index is 0.0740. The monoisotopic (exact) mass is 541 g/mol. The van der Waals surface area contributed by atoms with E-state index in [0.717, 1.165) is 4.96 Å². The first-order valence-corrected chi connectivity index (χ1v) is 13.2. The number of carbonyl (C=O) groups is 2. The van der Waals surface area contributed by atoms with Gasteiger partial charge in [0.2, 0.25) is 5.91 Å². The number of hydrogen-bond acceptors (Lipinski definition) is 8. The lowest BCUT2D eigenvalue weighted by Crippen LogP contribution is -2.44. The Bertz CT molecular complexity index is 1420. The number of nitrogens with zero attached hydrogens (tertiary/aromatic N) is 6. The molecule has 37 heavy (non-hydrogen) atoms. The van der Waals surface area contributed by atoms with E-state index in [0.29, 0.717) is 60.4 Å².